The Morgan fingerprint density at radius 3 is 2.16 bits per heavy atom. The number of aromatic carboxylic acids is 1. The Kier molecular flexibility index (Phi) is 4.45. The molecule has 0 fully saturated rings. The average molecular weight is 326 g/mol. The lowest BCUT2D eigenvalue weighted by Gasteiger charge is -2.13. The molecule has 2 aromatic rings. The van der Waals surface area contributed by atoms with E-state index < -0.39 is 5.97 Å². The van der Waals surface area contributed by atoms with E-state index in [0.29, 0.717) is 30.7 Å². The molecule has 0 amide bonds. The molecule has 0 saturated carbocycles. The summed E-state index contributed by atoms with van der Waals surface area (Å²) in [6, 6.07) is 8.66. The van der Waals surface area contributed by atoms with Gasteiger partial charge in [-0.2, -0.15) is 0 Å². The summed E-state index contributed by atoms with van der Waals surface area (Å²) in [5, 5.41) is 9.31. The second kappa shape index (κ2) is 5.75. The third kappa shape index (κ3) is 2.76. The number of carbonyl (C=O) groups is 1. The summed E-state index contributed by atoms with van der Waals surface area (Å²) in [5.41, 5.74) is 1.41. The van der Waals surface area contributed by atoms with Crippen LogP contribution in [-0.4, -0.2) is 11.1 Å². The molecule has 2 rings (SSSR count). The van der Waals surface area contributed by atoms with E-state index in [0.717, 1.165) is 0 Å². The maximum absolute atomic E-state index is 11.4. The quantitative estimate of drug-likeness (QED) is 0.536. The van der Waals surface area contributed by atoms with Crippen LogP contribution in [-0.2, 0) is 0 Å². The minimum atomic E-state index is -1.02. The molecular formula is C13H10O2S4. The average Bonchev–Trinajstić information content (AvgIpc) is 2.35. The van der Waals surface area contributed by atoms with Crippen LogP contribution in [0.4, 0.5) is 0 Å². The fourth-order valence-corrected chi connectivity index (χ4v) is 2.86. The largest absolute Gasteiger partial charge is 0.478 e. The van der Waals surface area contributed by atoms with E-state index in [1.807, 2.05) is 0 Å². The predicted octanol–water partition coefficient (Wildman–Crippen LogP) is 4.21. The van der Waals surface area contributed by atoms with E-state index in [1.54, 1.807) is 30.3 Å². The molecule has 0 radical (unpaired) electrons. The van der Waals surface area contributed by atoms with E-state index in [4.69, 9.17) is 0 Å². The number of hydrogen-bond acceptors (Lipinski definition) is 5. The molecule has 98 valence electrons. The van der Waals surface area contributed by atoms with Gasteiger partial charge in [0.25, 0.3) is 0 Å². The molecule has 0 atom stereocenters. The highest BCUT2D eigenvalue weighted by molar-refractivity contribution is 7.85. The highest BCUT2D eigenvalue weighted by Gasteiger charge is 2.17. The van der Waals surface area contributed by atoms with Gasteiger partial charge in [-0.05, 0) is 23.3 Å². The SMILES string of the molecule is O=C(O)c1c(S)cccc1-c1ccc(S)c(S)c1S. The Morgan fingerprint density at radius 2 is 1.53 bits per heavy atom. The number of rotatable bonds is 2. The van der Waals surface area contributed by atoms with Gasteiger partial charge >= 0.3 is 5.97 Å². The van der Waals surface area contributed by atoms with Crippen molar-refractivity contribution in [3.63, 3.8) is 0 Å². The van der Waals surface area contributed by atoms with Gasteiger partial charge in [-0.3, -0.25) is 0 Å². The second-order valence-corrected chi connectivity index (χ2v) is 5.69. The van der Waals surface area contributed by atoms with Gasteiger partial charge in [-0.15, -0.1) is 50.5 Å². The summed E-state index contributed by atoms with van der Waals surface area (Å²) in [4.78, 5) is 13.7. The molecule has 2 aromatic carbocycles. The Balaban J connectivity index is 2.77. The van der Waals surface area contributed by atoms with E-state index in [9.17, 15) is 9.90 Å². The van der Waals surface area contributed by atoms with Crippen molar-refractivity contribution in [3.05, 3.63) is 35.9 Å². The molecule has 6 heteroatoms. The van der Waals surface area contributed by atoms with Gasteiger partial charge in [0.1, 0.15) is 0 Å². The van der Waals surface area contributed by atoms with E-state index >= 15 is 0 Å². The first-order chi connectivity index (χ1) is 8.93. The Bertz CT molecular complexity index is 668. The van der Waals surface area contributed by atoms with Crippen molar-refractivity contribution in [1.82, 2.24) is 0 Å². The number of hydrogen-bond donors (Lipinski definition) is 5. The highest BCUT2D eigenvalue weighted by atomic mass is 32.1. The zero-order valence-corrected chi connectivity index (χ0v) is 13.1. The third-order valence-corrected chi connectivity index (χ3v) is 4.70. The first kappa shape index (κ1) is 14.7. The van der Waals surface area contributed by atoms with Gasteiger partial charge in [0, 0.05) is 19.6 Å². The van der Waals surface area contributed by atoms with Crippen molar-refractivity contribution in [1.29, 1.82) is 0 Å². The number of benzene rings is 2. The van der Waals surface area contributed by atoms with Gasteiger partial charge in [-0.1, -0.05) is 18.2 Å². The normalized spacial score (nSPS) is 10.5. The van der Waals surface area contributed by atoms with Crippen molar-refractivity contribution < 1.29 is 9.90 Å². The second-order valence-electron chi connectivity index (χ2n) is 3.83. The molecule has 0 aromatic heterocycles. The zero-order chi connectivity index (χ0) is 14.2. The van der Waals surface area contributed by atoms with Crippen LogP contribution >= 0.6 is 50.5 Å². The molecule has 0 aliphatic carbocycles. The third-order valence-electron chi connectivity index (χ3n) is 2.68. The minimum Gasteiger partial charge on any atom is -0.478 e. The van der Waals surface area contributed by atoms with Crippen molar-refractivity contribution >= 4 is 56.5 Å². The van der Waals surface area contributed by atoms with Crippen molar-refractivity contribution in [2.45, 2.75) is 19.6 Å². The first-order valence-corrected chi connectivity index (χ1v) is 7.02. The van der Waals surface area contributed by atoms with E-state index in [2.05, 4.69) is 50.5 Å². The summed E-state index contributed by atoms with van der Waals surface area (Å²) in [5.74, 6) is -1.02. The Labute approximate surface area is 132 Å². The van der Waals surface area contributed by atoms with Gasteiger partial charge in [-0.25, -0.2) is 4.79 Å². The molecule has 2 nitrogen and oxygen atoms in total. The lowest BCUT2D eigenvalue weighted by molar-refractivity contribution is 0.0694. The molecule has 0 saturated heterocycles. The van der Waals surface area contributed by atoms with Crippen LogP contribution in [0.15, 0.2) is 49.9 Å². The lowest BCUT2D eigenvalue weighted by Crippen LogP contribution is -2.01. The standard InChI is InChI=1S/C13H10O2S4/c14-13(15)10-6(2-1-3-8(10)16)7-4-5-9(17)12(19)11(7)18/h1-5,16-19H,(H,14,15). The first-order valence-electron chi connectivity index (χ1n) is 5.23. The van der Waals surface area contributed by atoms with Gasteiger partial charge < -0.3 is 5.11 Å². The van der Waals surface area contributed by atoms with E-state index in [1.165, 1.54) is 0 Å². The summed E-state index contributed by atoms with van der Waals surface area (Å²) < 4.78 is 0. The van der Waals surface area contributed by atoms with Crippen LogP contribution in [0.25, 0.3) is 11.1 Å². The van der Waals surface area contributed by atoms with Crippen LogP contribution < -0.4 is 0 Å². The Hall–Kier alpha value is -0.690. The summed E-state index contributed by atoms with van der Waals surface area (Å²) in [7, 11) is 0. The fourth-order valence-electron chi connectivity index (χ4n) is 1.78. The minimum absolute atomic E-state index is 0.154. The summed E-state index contributed by atoms with van der Waals surface area (Å²) in [6.45, 7) is 0. The fraction of sp³-hybridized carbons (Fsp3) is 0. The lowest BCUT2D eigenvalue weighted by atomic mass is 9.99. The van der Waals surface area contributed by atoms with Crippen LogP contribution in [0.5, 0.6) is 0 Å². The smallest absolute Gasteiger partial charge is 0.337 e. The molecule has 0 aliphatic rings. The topological polar surface area (TPSA) is 37.3 Å². The van der Waals surface area contributed by atoms with Crippen molar-refractivity contribution in [2.24, 2.45) is 0 Å². The maximum atomic E-state index is 11.4. The number of carboxylic acid groups (broad SMARTS) is 1. The number of carboxylic acids is 1. The van der Waals surface area contributed by atoms with Gasteiger partial charge in [0.15, 0.2) is 0 Å². The van der Waals surface area contributed by atoms with Crippen LogP contribution in [0.1, 0.15) is 10.4 Å². The molecule has 0 aliphatic heterocycles. The molecule has 0 spiro atoms. The molecule has 1 N–H and O–H groups in total. The number of thiol groups is 4. The van der Waals surface area contributed by atoms with Gasteiger partial charge in [0.05, 0.1) is 5.56 Å². The van der Waals surface area contributed by atoms with E-state index in [-0.39, 0.29) is 5.56 Å². The summed E-state index contributed by atoms with van der Waals surface area (Å²) in [6.07, 6.45) is 0. The molecule has 19 heavy (non-hydrogen) atoms. The molecular weight excluding hydrogens is 316 g/mol. The summed E-state index contributed by atoms with van der Waals surface area (Å²) >= 11 is 17.2. The maximum Gasteiger partial charge on any atom is 0.337 e. The molecule has 0 unspecified atom stereocenters. The van der Waals surface area contributed by atoms with Crippen molar-refractivity contribution in [3.8, 4) is 11.1 Å². The highest BCUT2D eigenvalue weighted by Crippen LogP contribution is 2.37. The van der Waals surface area contributed by atoms with Gasteiger partial charge in [0.2, 0.25) is 0 Å². The Morgan fingerprint density at radius 1 is 0.842 bits per heavy atom. The molecule has 0 bridgehead atoms. The van der Waals surface area contributed by atoms with Crippen molar-refractivity contribution in [2.75, 3.05) is 0 Å². The monoisotopic (exact) mass is 326 g/mol. The molecule has 0 heterocycles. The van der Waals surface area contributed by atoms with Crippen LogP contribution in [0, 0.1) is 0 Å². The van der Waals surface area contributed by atoms with Crippen LogP contribution in [0.2, 0.25) is 0 Å². The zero-order valence-electron chi connectivity index (χ0n) is 9.53. The predicted molar refractivity (Wildman–Crippen MR) is 87.8 cm³/mol. The van der Waals surface area contributed by atoms with Crippen LogP contribution in [0.3, 0.4) is 0 Å².